The van der Waals surface area contributed by atoms with Crippen molar-refractivity contribution in [1.29, 1.82) is 0 Å². The second kappa shape index (κ2) is 9.02. The summed E-state index contributed by atoms with van der Waals surface area (Å²) in [5.74, 6) is 1.34. The lowest BCUT2D eigenvalue weighted by Gasteiger charge is -2.33. The topological polar surface area (TPSA) is 45.2 Å². The lowest BCUT2D eigenvalue weighted by atomic mass is 9.90. The van der Waals surface area contributed by atoms with Gasteiger partial charge in [-0.25, -0.2) is 4.98 Å². The Labute approximate surface area is 170 Å². The van der Waals surface area contributed by atoms with Crippen molar-refractivity contribution in [2.45, 2.75) is 25.7 Å². The summed E-state index contributed by atoms with van der Waals surface area (Å²) in [4.78, 5) is 20.0. The molecule has 0 atom stereocenters. The Morgan fingerprint density at radius 2 is 1.89 bits per heavy atom. The maximum atomic E-state index is 12.1. The monoisotopic (exact) mass is 391 g/mol. The van der Waals surface area contributed by atoms with Gasteiger partial charge >= 0.3 is 0 Å². The molecule has 0 unspecified atom stereocenters. The largest absolute Gasteiger partial charge is 0.370 e. The minimum atomic E-state index is -0.0237. The smallest absolute Gasteiger partial charge is 0.230 e. The van der Waals surface area contributed by atoms with E-state index in [0.29, 0.717) is 12.2 Å². The van der Waals surface area contributed by atoms with E-state index in [-0.39, 0.29) is 5.91 Å². The third kappa shape index (κ3) is 4.98. The number of anilines is 2. The highest BCUT2D eigenvalue weighted by molar-refractivity contribution is 7.10. The van der Waals surface area contributed by atoms with Crippen LogP contribution in [0, 0.1) is 5.92 Å². The SMILES string of the molecule is O=C(Cc1cccs1)Nc1ccc(N2CCC(Cc3ccccc3)CC2)cn1. The van der Waals surface area contributed by atoms with Crippen LogP contribution >= 0.6 is 11.3 Å². The molecule has 1 aliphatic heterocycles. The fourth-order valence-corrected chi connectivity index (χ4v) is 4.45. The number of nitrogens with zero attached hydrogens (tertiary/aromatic N) is 2. The molecule has 1 amide bonds. The van der Waals surface area contributed by atoms with Gasteiger partial charge < -0.3 is 10.2 Å². The van der Waals surface area contributed by atoms with E-state index in [4.69, 9.17) is 0 Å². The zero-order chi connectivity index (χ0) is 19.2. The molecule has 4 rings (SSSR count). The van der Waals surface area contributed by atoms with Crippen molar-refractivity contribution in [3.8, 4) is 0 Å². The molecule has 0 radical (unpaired) electrons. The average molecular weight is 392 g/mol. The van der Waals surface area contributed by atoms with Crippen molar-refractivity contribution in [3.63, 3.8) is 0 Å². The summed E-state index contributed by atoms with van der Waals surface area (Å²) in [6.45, 7) is 2.12. The summed E-state index contributed by atoms with van der Waals surface area (Å²) in [6, 6.07) is 18.7. The Hall–Kier alpha value is -2.66. The number of rotatable bonds is 6. The van der Waals surface area contributed by atoms with Crippen molar-refractivity contribution in [2.75, 3.05) is 23.3 Å². The van der Waals surface area contributed by atoms with Crippen molar-refractivity contribution >= 4 is 28.7 Å². The molecule has 3 aromatic rings. The first kappa shape index (κ1) is 18.7. The number of hydrogen-bond donors (Lipinski definition) is 1. The second-order valence-electron chi connectivity index (χ2n) is 7.33. The number of pyridine rings is 1. The molecule has 0 saturated carbocycles. The Morgan fingerprint density at radius 3 is 2.57 bits per heavy atom. The summed E-state index contributed by atoms with van der Waals surface area (Å²) in [5.41, 5.74) is 2.57. The first-order valence-corrected chi connectivity index (χ1v) is 10.7. The molecule has 0 bridgehead atoms. The van der Waals surface area contributed by atoms with Crippen LogP contribution in [0.2, 0.25) is 0 Å². The molecule has 1 aliphatic rings. The number of nitrogens with one attached hydrogen (secondary N) is 1. The van der Waals surface area contributed by atoms with Gasteiger partial charge in [-0.1, -0.05) is 36.4 Å². The van der Waals surface area contributed by atoms with E-state index >= 15 is 0 Å². The minimum Gasteiger partial charge on any atom is -0.370 e. The van der Waals surface area contributed by atoms with Gasteiger partial charge in [0, 0.05) is 18.0 Å². The highest BCUT2D eigenvalue weighted by Gasteiger charge is 2.20. The number of piperidine rings is 1. The lowest BCUT2D eigenvalue weighted by molar-refractivity contribution is -0.115. The maximum absolute atomic E-state index is 12.1. The zero-order valence-electron chi connectivity index (χ0n) is 15.9. The van der Waals surface area contributed by atoms with E-state index in [1.54, 1.807) is 11.3 Å². The van der Waals surface area contributed by atoms with E-state index in [1.807, 2.05) is 29.8 Å². The molecule has 1 fully saturated rings. The number of benzene rings is 1. The van der Waals surface area contributed by atoms with Crippen LogP contribution in [0.3, 0.4) is 0 Å². The Kier molecular flexibility index (Phi) is 6.02. The highest BCUT2D eigenvalue weighted by Crippen LogP contribution is 2.26. The van der Waals surface area contributed by atoms with Crippen LogP contribution in [0.4, 0.5) is 11.5 Å². The van der Waals surface area contributed by atoms with Crippen LogP contribution in [0.5, 0.6) is 0 Å². The van der Waals surface area contributed by atoms with Gasteiger partial charge in [-0.05, 0) is 54.3 Å². The van der Waals surface area contributed by atoms with Gasteiger partial charge in [-0.2, -0.15) is 0 Å². The first-order valence-electron chi connectivity index (χ1n) is 9.83. The third-order valence-electron chi connectivity index (χ3n) is 5.28. The summed E-state index contributed by atoms with van der Waals surface area (Å²) in [6.07, 6.45) is 5.85. The molecule has 0 aliphatic carbocycles. The fourth-order valence-electron chi connectivity index (χ4n) is 3.75. The normalized spacial score (nSPS) is 14.8. The second-order valence-corrected chi connectivity index (χ2v) is 8.36. The highest BCUT2D eigenvalue weighted by atomic mass is 32.1. The molecule has 1 N–H and O–H groups in total. The average Bonchev–Trinajstić information content (AvgIpc) is 3.23. The number of carbonyl (C=O) groups excluding carboxylic acids is 1. The van der Waals surface area contributed by atoms with E-state index in [0.717, 1.165) is 29.6 Å². The molecule has 2 aromatic heterocycles. The molecule has 0 spiro atoms. The summed E-state index contributed by atoms with van der Waals surface area (Å²) >= 11 is 1.60. The van der Waals surface area contributed by atoms with Crippen molar-refractivity contribution in [2.24, 2.45) is 5.92 Å². The van der Waals surface area contributed by atoms with Gasteiger partial charge in [0.05, 0.1) is 18.3 Å². The number of aromatic nitrogens is 1. The van der Waals surface area contributed by atoms with Crippen molar-refractivity contribution < 1.29 is 4.79 Å². The van der Waals surface area contributed by atoms with Crippen LogP contribution in [0.1, 0.15) is 23.3 Å². The Morgan fingerprint density at radius 1 is 1.07 bits per heavy atom. The summed E-state index contributed by atoms with van der Waals surface area (Å²) < 4.78 is 0. The molecule has 5 heteroatoms. The number of carbonyl (C=O) groups is 1. The molecule has 1 aromatic carbocycles. The number of amides is 1. The fraction of sp³-hybridized carbons (Fsp3) is 0.304. The summed E-state index contributed by atoms with van der Waals surface area (Å²) in [5, 5.41) is 4.87. The maximum Gasteiger partial charge on any atom is 0.230 e. The van der Waals surface area contributed by atoms with Gasteiger partial charge in [0.2, 0.25) is 5.91 Å². The molecular weight excluding hydrogens is 366 g/mol. The Bertz CT molecular complexity index is 870. The Balaban J connectivity index is 1.27. The van der Waals surface area contributed by atoms with Crippen LogP contribution in [-0.2, 0) is 17.6 Å². The molecule has 28 heavy (non-hydrogen) atoms. The van der Waals surface area contributed by atoms with E-state index < -0.39 is 0 Å². The van der Waals surface area contributed by atoms with Crippen LogP contribution in [0.25, 0.3) is 0 Å². The number of hydrogen-bond acceptors (Lipinski definition) is 4. The van der Waals surface area contributed by atoms with Crippen molar-refractivity contribution in [1.82, 2.24) is 4.98 Å². The van der Waals surface area contributed by atoms with Gasteiger partial charge in [0.25, 0.3) is 0 Å². The van der Waals surface area contributed by atoms with E-state index in [9.17, 15) is 4.79 Å². The molecule has 3 heterocycles. The van der Waals surface area contributed by atoms with Crippen LogP contribution in [0.15, 0.2) is 66.2 Å². The quantitative estimate of drug-likeness (QED) is 0.657. The predicted molar refractivity (Wildman–Crippen MR) is 116 cm³/mol. The van der Waals surface area contributed by atoms with Gasteiger partial charge in [-0.15, -0.1) is 11.3 Å². The zero-order valence-corrected chi connectivity index (χ0v) is 16.7. The van der Waals surface area contributed by atoms with E-state index in [1.165, 1.54) is 24.8 Å². The van der Waals surface area contributed by atoms with Gasteiger partial charge in [0.15, 0.2) is 0 Å². The molecular formula is C23H25N3OS. The van der Waals surface area contributed by atoms with E-state index in [2.05, 4.69) is 51.6 Å². The minimum absolute atomic E-state index is 0.0237. The number of thiophene rings is 1. The molecule has 1 saturated heterocycles. The van der Waals surface area contributed by atoms with Gasteiger partial charge in [0.1, 0.15) is 5.82 Å². The molecule has 4 nitrogen and oxygen atoms in total. The van der Waals surface area contributed by atoms with Gasteiger partial charge in [-0.3, -0.25) is 4.79 Å². The van der Waals surface area contributed by atoms with Crippen LogP contribution in [-0.4, -0.2) is 24.0 Å². The third-order valence-corrected chi connectivity index (χ3v) is 6.15. The predicted octanol–water partition coefficient (Wildman–Crippen LogP) is 4.78. The standard InChI is InChI=1S/C23H25N3OS/c27-23(16-21-7-4-14-28-21)25-22-9-8-20(17-24-22)26-12-10-19(11-13-26)15-18-5-2-1-3-6-18/h1-9,14,17,19H,10-13,15-16H2,(H,24,25,27). The first-order chi connectivity index (χ1) is 13.8. The van der Waals surface area contributed by atoms with Crippen LogP contribution < -0.4 is 10.2 Å². The summed E-state index contributed by atoms with van der Waals surface area (Å²) in [7, 11) is 0. The lowest BCUT2D eigenvalue weighted by Crippen LogP contribution is -2.34. The molecule has 144 valence electrons. The van der Waals surface area contributed by atoms with Crippen molar-refractivity contribution in [3.05, 3.63) is 76.6 Å².